The smallest absolute Gasteiger partial charge is 0.156 e. The third kappa shape index (κ3) is 2.86. The molecule has 1 saturated heterocycles. The number of aliphatic hydroxyl groups is 1. The molecule has 0 saturated carbocycles. The Hall–Kier alpha value is -1.24. The normalized spacial score (nSPS) is 23.5. The maximum Gasteiger partial charge on any atom is 0.156 e. The molecule has 2 atom stereocenters. The van der Waals surface area contributed by atoms with Gasteiger partial charge in [-0.2, -0.15) is 0 Å². The predicted molar refractivity (Wildman–Crippen MR) is 70.8 cm³/mol. The number of morpholine rings is 1. The highest BCUT2D eigenvalue weighted by molar-refractivity contribution is 6.32. The third-order valence-corrected chi connectivity index (χ3v) is 3.38. The summed E-state index contributed by atoms with van der Waals surface area (Å²) in [6, 6.07) is 0.0480. The van der Waals surface area contributed by atoms with Crippen molar-refractivity contribution in [1.82, 2.24) is 9.97 Å². The zero-order valence-electron chi connectivity index (χ0n) is 10.8. The highest BCUT2D eigenvalue weighted by atomic mass is 35.5. The van der Waals surface area contributed by atoms with Crippen LogP contribution >= 0.6 is 11.6 Å². The van der Waals surface area contributed by atoms with Crippen LogP contribution < -0.4 is 4.90 Å². The molecule has 1 aromatic rings. The molecule has 1 fully saturated rings. The lowest BCUT2D eigenvalue weighted by atomic mass is 10.1. The summed E-state index contributed by atoms with van der Waals surface area (Å²) in [5.41, 5.74) is 0.276. The van der Waals surface area contributed by atoms with Gasteiger partial charge in [-0.3, -0.25) is 4.79 Å². The van der Waals surface area contributed by atoms with Gasteiger partial charge in [-0.1, -0.05) is 11.6 Å². The Bertz CT molecular complexity index is 484. The van der Waals surface area contributed by atoms with Crippen molar-refractivity contribution in [3.8, 4) is 0 Å². The zero-order chi connectivity index (χ0) is 14.0. The number of aromatic nitrogens is 2. The Morgan fingerprint density at radius 2 is 2.32 bits per heavy atom. The highest BCUT2D eigenvalue weighted by Crippen LogP contribution is 2.26. The van der Waals surface area contributed by atoms with Crippen LogP contribution in [0, 0.1) is 6.92 Å². The molecular formula is C12H16ClN3O3. The highest BCUT2D eigenvalue weighted by Gasteiger charge is 2.29. The molecule has 0 radical (unpaired) electrons. The number of aldehydes is 1. The van der Waals surface area contributed by atoms with Crippen molar-refractivity contribution in [3.63, 3.8) is 0 Å². The Labute approximate surface area is 116 Å². The molecule has 6 nitrogen and oxygen atoms in total. The number of anilines is 1. The zero-order valence-corrected chi connectivity index (χ0v) is 11.6. The van der Waals surface area contributed by atoms with E-state index < -0.39 is 0 Å². The number of halogens is 1. The summed E-state index contributed by atoms with van der Waals surface area (Å²) in [5, 5.41) is 9.35. The van der Waals surface area contributed by atoms with Gasteiger partial charge in [0, 0.05) is 6.54 Å². The van der Waals surface area contributed by atoms with Crippen molar-refractivity contribution in [2.24, 2.45) is 0 Å². The van der Waals surface area contributed by atoms with Gasteiger partial charge in [0.25, 0.3) is 0 Å². The van der Waals surface area contributed by atoms with E-state index in [1.165, 1.54) is 0 Å². The number of aryl methyl sites for hydroxylation is 1. The average molecular weight is 286 g/mol. The van der Waals surface area contributed by atoms with Crippen LogP contribution in [0.1, 0.15) is 23.1 Å². The lowest BCUT2D eigenvalue weighted by molar-refractivity contribution is -0.0106. The Morgan fingerprint density at radius 3 is 2.95 bits per heavy atom. The van der Waals surface area contributed by atoms with E-state index in [-0.39, 0.29) is 29.5 Å². The minimum atomic E-state index is -0.287. The van der Waals surface area contributed by atoms with Crippen molar-refractivity contribution in [2.45, 2.75) is 26.0 Å². The molecule has 0 spiro atoms. The van der Waals surface area contributed by atoms with Crippen molar-refractivity contribution in [3.05, 3.63) is 16.5 Å². The van der Waals surface area contributed by atoms with Crippen molar-refractivity contribution in [1.29, 1.82) is 0 Å². The van der Waals surface area contributed by atoms with Crippen LogP contribution in [0.25, 0.3) is 0 Å². The van der Waals surface area contributed by atoms with Crippen molar-refractivity contribution >= 4 is 23.7 Å². The van der Waals surface area contributed by atoms with Gasteiger partial charge in [0.1, 0.15) is 16.8 Å². The fourth-order valence-corrected chi connectivity index (χ4v) is 2.33. The molecule has 7 heteroatoms. The first-order chi connectivity index (χ1) is 9.06. The number of carbonyl (C=O) groups is 1. The van der Waals surface area contributed by atoms with Crippen LogP contribution in [0.15, 0.2) is 0 Å². The topological polar surface area (TPSA) is 75.6 Å². The minimum absolute atomic E-state index is 0.0480. The van der Waals surface area contributed by atoms with Crippen LogP contribution in [0.2, 0.25) is 5.15 Å². The molecule has 0 bridgehead atoms. The second kappa shape index (κ2) is 5.81. The molecule has 1 aliphatic heterocycles. The quantitative estimate of drug-likeness (QED) is 0.655. The Balaban J connectivity index is 2.41. The van der Waals surface area contributed by atoms with Gasteiger partial charge < -0.3 is 14.7 Å². The fourth-order valence-electron chi connectivity index (χ4n) is 2.08. The molecular weight excluding hydrogens is 270 g/mol. The van der Waals surface area contributed by atoms with Crippen LogP contribution in [0.3, 0.4) is 0 Å². The van der Waals surface area contributed by atoms with E-state index in [1.807, 2.05) is 11.8 Å². The molecule has 2 unspecified atom stereocenters. The molecule has 19 heavy (non-hydrogen) atoms. The first-order valence-electron chi connectivity index (χ1n) is 6.05. The standard InChI is InChI=1S/C12H16ClN3O3/c1-7-6-19-9(4-17)3-16(7)12-10(5-18)11(13)14-8(2)15-12/h5,7,9,17H,3-4,6H2,1-2H3. The summed E-state index contributed by atoms with van der Waals surface area (Å²) >= 11 is 5.98. The summed E-state index contributed by atoms with van der Waals surface area (Å²) < 4.78 is 5.47. The fraction of sp³-hybridized carbons (Fsp3) is 0.583. The van der Waals surface area contributed by atoms with Gasteiger partial charge in [-0.15, -0.1) is 0 Å². The van der Waals surface area contributed by atoms with E-state index in [2.05, 4.69) is 9.97 Å². The van der Waals surface area contributed by atoms with E-state index in [4.69, 9.17) is 16.3 Å². The molecule has 1 N–H and O–H groups in total. The van der Waals surface area contributed by atoms with E-state index in [0.717, 1.165) is 0 Å². The summed E-state index contributed by atoms with van der Waals surface area (Å²) in [7, 11) is 0. The SMILES string of the molecule is Cc1nc(Cl)c(C=O)c(N2CC(CO)OCC2C)n1. The van der Waals surface area contributed by atoms with Gasteiger partial charge in [0.2, 0.25) is 0 Å². The minimum Gasteiger partial charge on any atom is -0.394 e. The molecule has 104 valence electrons. The van der Waals surface area contributed by atoms with Crippen LogP contribution in [-0.2, 0) is 4.74 Å². The van der Waals surface area contributed by atoms with E-state index >= 15 is 0 Å². The summed E-state index contributed by atoms with van der Waals surface area (Å²) in [6.45, 7) is 4.54. The molecule has 0 aromatic carbocycles. The molecule has 2 rings (SSSR count). The largest absolute Gasteiger partial charge is 0.394 e. The van der Waals surface area contributed by atoms with Gasteiger partial charge in [0.15, 0.2) is 6.29 Å². The van der Waals surface area contributed by atoms with Gasteiger partial charge >= 0.3 is 0 Å². The monoisotopic (exact) mass is 285 g/mol. The predicted octanol–water partition coefficient (Wildman–Crippen LogP) is 0.837. The van der Waals surface area contributed by atoms with Crippen molar-refractivity contribution < 1.29 is 14.6 Å². The first-order valence-corrected chi connectivity index (χ1v) is 6.43. The lowest BCUT2D eigenvalue weighted by Crippen LogP contribution is -2.50. The third-order valence-electron chi connectivity index (χ3n) is 3.09. The van der Waals surface area contributed by atoms with Crippen LogP contribution in [0.5, 0.6) is 0 Å². The molecule has 0 amide bonds. The number of ether oxygens (including phenoxy) is 1. The van der Waals surface area contributed by atoms with Gasteiger partial charge in [-0.05, 0) is 13.8 Å². The summed E-state index contributed by atoms with van der Waals surface area (Å²) in [4.78, 5) is 21.4. The molecule has 0 aliphatic carbocycles. The van der Waals surface area contributed by atoms with Crippen LogP contribution in [0.4, 0.5) is 5.82 Å². The van der Waals surface area contributed by atoms with Crippen molar-refractivity contribution in [2.75, 3.05) is 24.7 Å². The van der Waals surface area contributed by atoms with E-state index in [0.29, 0.717) is 31.1 Å². The Morgan fingerprint density at radius 1 is 1.58 bits per heavy atom. The maximum absolute atomic E-state index is 11.2. The molecule has 1 aromatic heterocycles. The average Bonchev–Trinajstić information content (AvgIpc) is 2.38. The number of hydrogen-bond donors (Lipinski definition) is 1. The molecule has 1 aliphatic rings. The maximum atomic E-state index is 11.2. The lowest BCUT2D eigenvalue weighted by Gasteiger charge is -2.38. The second-order valence-corrected chi connectivity index (χ2v) is 4.91. The van der Waals surface area contributed by atoms with E-state index in [1.54, 1.807) is 6.92 Å². The first kappa shape index (κ1) is 14.2. The number of nitrogens with zero attached hydrogens (tertiary/aromatic N) is 3. The number of hydrogen-bond acceptors (Lipinski definition) is 6. The van der Waals surface area contributed by atoms with E-state index in [9.17, 15) is 9.90 Å². The molecule has 2 heterocycles. The van der Waals surface area contributed by atoms with Gasteiger partial charge in [0.05, 0.1) is 30.9 Å². The summed E-state index contributed by atoms with van der Waals surface area (Å²) in [5.74, 6) is 1.01. The second-order valence-electron chi connectivity index (χ2n) is 4.56. The summed E-state index contributed by atoms with van der Waals surface area (Å²) in [6.07, 6.45) is 0.373. The van der Waals surface area contributed by atoms with Gasteiger partial charge in [-0.25, -0.2) is 9.97 Å². The Kier molecular flexibility index (Phi) is 4.34. The number of carbonyl (C=O) groups excluding carboxylic acids is 1. The van der Waals surface area contributed by atoms with Crippen LogP contribution in [-0.4, -0.2) is 53.3 Å². The number of rotatable bonds is 3. The number of aliphatic hydroxyl groups excluding tert-OH is 1.